The molecule has 0 heterocycles. The summed E-state index contributed by atoms with van der Waals surface area (Å²) in [6.45, 7) is 7.66. The van der Waals surface area contributed by atoms with E-state index in [0.717, 1.165) is 6.42 Å². The lowest BCUT2D eigenvalue weighted by Crippen LogP contribution is -2.36. The molecule has 0 amide bonds. The highest BCUT2D eigenvalue weighted by Crippen LogP contribution is 2.27. The molecule has 1 aromatic carbocycles. The summed E-state index contributed by atoms with van der Waals surface area (Å²) in [6, 6.07) is 4.63. The van der Waals surface area contributed by atoms with E-state index in [4.69, 9.17) is 11.6 Å². The molecule has 0 unspecified atom stereocenters. The number of benzene rings is 1. The molecule has 0 spiro atoms. The molecule has 1 N–H and O–H groups in total. The fourth-order valence-corrected chi connectivity index (χ4v) is 2.70. The Morgan fingerprint density at radius 2 is 2.05 bits per heavy atom. The maximum Gasteiger partial charge on any atom is 0.146 e. The molecule has 108 valence electrons. The molecule has 0 aliphatic rings. The SMILES string of the molecule is CCC[C@@H](N[S@@](=O)C(C)(C)C)c1cccc(Cl)c1F. The standard InChI is InChI=1S/C14H21ClFNOS/c1-5-7-12(17-19(18)14(2,3)4)10-8-6-9-11(15)13(10)16/h6,8-9,12,17H,5,7H2,1-4H3/t12-,19+/m1/s1. The second kappa shape index (κ2) is 6.82. The molecule has 2 atom stereocenters. The highest BCUT2D eigenvalue weighted by atomic mass is 35.5. The third-order valence-corrected chi connectivity index (χ3v) is 4.64. The highest BCUT2D eigenvalue weighted by molar-refractivity contribution is 7.84. The number of nitrogens with one attached hydrogen (secondary N) is 1. The van der Waals surface area contributed by atoms with Crippen LogP contribution in [0.3, 0.4) is 0 Å². The fraction of sp³-hybridized carbons (Fsp3) is 0.571. The van der Waals surface area contributed by atoms with E-state index in [1.807, 2.05) is 27.7 Å². The van der Waals surface area contributed by atoms with Crippen LogP contribution in [0, 0.1) is 5.82 Å². The normalized spacial score (nSPS) is 15.3. The smallest absolute Gasteiger partial charge is 0.146 e. The van der Waals surface area contributed by atoms with Crippen LogP contribution in [0.25, 0.3) is 0 Å². The third kappa shape index (κ3) is 4.55. The predicted molar refractivity (Wildman–Crippen MR) is 80.1 cm³/mol. The molecule has 0 radical (unpaired) electrons. The Balaban J connectivity index is 3.01. The summed E-state index contributed by atoms with van der Waals surface area (Å²) < 4.78 is 28.8. The molecule has 0 fully saturated rings. The number of rotatable bonds is 5. The van der Waals surface area contributed by atoms with Gasteiger partial charge in [-0.1, -0.05) is 37.1 Å². The monoisotopic (exact) mass is 305 g/mol. The lowest BCUT2D eigenvalue weighted by molar-refractivity contribution is 0.527. The van der Waals surface area contributed by atoms with Crippen LogP contribution >= 0.6 is 11.6 Å². The minimum atomic E-state index is -1.24. The van der Waals surface area contributed by atoms with Crippen molar-refractivity contribution in [3.8, 4) is 0 Å². The van der Waals surface area contributed by atoms with Crippen molar-refractivity contribution >= 4 is 22.6 Å². The summed E-state index contributed by atoms with van der Waals surface area (Å²) in [4.78, 5) is 0. The minimum Gasteiger partial charge on any atom is -0.242 e. The van der Waals surface area contributed by atoms with Crippen LogP contribution in [0.5, 0.6) is 0 Å². The lowest BCUT2D eigenvalue weighted by atomic mass is 10.0. The van der Waals surface area contributed by atoms with E-state index in [2.05, 4.69) is 4.72 Å². The topological polar surface area (TPSA) is 29.1 Å². The molecule has 1 rings (SSSR count). The Morgan fingerprint density at radius 3 is 2.58 bits per heavy atom. The Bertz CT molecular complexity index is 459. The molecule has 5 heteroatoms. The number of hydrogen-bond acceptors (Lipinski definition) is 1. The second-order valence-corrected chi connectivity index (χ2v) is 7.89. The molecule has 2 nitrogen and oxygen atoms in total. The first kappa shape index (κ1) is 16.6. The maximum atomic E-state index is 14.1. The summed E-state index contributed by atoms with van der Waals surface area (Å²) in [5, 5.41) is 0.0990. The number of hydrogen-bond donors (Lipinski definition) is 1. The quantitative estimate of drug-likeness (QED) is 0.860. The van der Waals surface area contributed by atoms with Gasteiger partial charge in [0.1, 0.15) is 5.82 Å². The summed E-state index contributed by atoms with van der Waals surface area (Å²) in [6.07, 6.45) is 1.57. The van der Waals surface area contributed by atoms with Crippen LogP contribution < -0.4 is 4.72 Å². The third-order valence-electron chi connectivity index (χ3n) is 2.74. The molecule has 1 aromatic rings. The van der Waals surface area contributed by atoms with Gasteiger partial charge >= 0.3 is 0 Å². The average Bonchev–Trinajstić information content (AvgIpc) is 2.31. The molecule has 0 bridgehead atoms. The van der Waals surface area contributed by atoms with E-state index in [9.17, 15) is 8.60 Å². The van der Waals surface area contributed by atoms with Gasteiger partial charge in [0, 0.05) is 11.6 Å². The van der Waals surface area contributed by atoms with Gasteiger partial charge in [-0.3, -0.25) is 0 Å². The van der Waals surface area contributed by atoms with E-state index in [-0.39, 0.29) is 15.8 Å². The van der Waals surface area contributed by atoms with Crippen molar-refractivity contribution in [2.75, 3.05) is 0 Å². The van der Waals surface area contributed by atoms with Crippen LogP contribution in [0.15, 0.2) is 18.2 Å². The first-order chi connectivity index (χ1) is 8.77. The maximum absolute atomic E-state index is 14.1. The van der Waals surface area contributed by atoms with Crippen LogP contribution in [-0.2, 0) is 11.0 Å². The summed E-state index contributed by atoms with van der Waals surface area (Å²) in [5.74, 6) is -0.430. The van der Waals surface area contributed by atoms with Crippen molar-refractivity contribution in [2.24, 2.45) is 0 Å². The summed E-state index contributed by atoms with van der Waals surface area (Å²) in [5.41, 5.74) is 0.479. The zero-order valence-corrected chi connectivity index (χ0v) is 13.4. The first-order valence-corrected chi connectivity index (χ1v) is 7.92. The van der Waals surface area contributed by atoms with Crippen molar-refractivity contribution in [2.45, 2.75) is 51.3 Å². The number of halogens is 2. The Hall–Kier alpha value is -0.450. The zero-order chi connectivity index (χ0) is 14.6. The summed E-state index contributed by atoms with van der Waals surface area (Å²) >= 11 is 5.81. The van der Waals surface area contributed by atoms with Gasteiger partial charge in [-0.05, 0) is 33.3 Å². The first-order valence-electron chi connectivity index (χ1n) is 6.39. The molecule has 0 aliphatic heterocycles. The lowest BCUT2D eigenvalue weighted by Gasteiger charge is -2.24. The van der Waals surface area contributed by atoms with Crippen LogP contribution in [0.1, 0.15) is 52.1 Å². The summed E-state index contributed by atoms with van der Waals surface area (Å²) in [7, 11) is -1.24. The van der Waals surface area contributed by atoms with E-state index >= 15 is 0 Å². The second-order valence-electron chi connectivity index (χ2n) is 5.48. The van der Waals surface area contributed by atoms with Crippen molar-refractivity contribution < 1.29 is 8.60 Å². The van der Waals surface area contributed by atoms with E-state index in [0.29, 0.717) is 12.0 Å². The molecule has 0 saturated carbocycles. The van der Waals surface area contributed by atoms with Crippen molar-refractivity contribution in [3.05, 3.63) is 34.6 Å². The van der Waals surface area contributed by atoms with Gasteiger partial charge in [-0.25, -0.2) is 13.3 Å². The van der Waals surface area contributed by atoms with Gasteiger partial charge in [0.05, 0.1) is 20.8 Å². The van der Waals surface area contributed by atoms with Crippen LogP contribution in [-0.4, -0.2) is 8.96 Å². The van der Waals surface area contributed by atoms with Crippen molar-refractivity contribution in [3.63, 3.8) is 0 Å². The highest BCUT2D eigenvalue weighted by Gasteiger charge is 2.25. The van der Waals surface area contributed by atoms with Crippen LogP contribution in [0.2, 0.25) is 5.02 Å². The molecule has 0 saturated heterocycles. The van der Waals surface area contributed by atoms with E-state index in [1.165, 1.54) is 6.07 Å². The molecular formula is C14H21ClFNOS. The van der Waals surface area contributed by atoms with Crippen LogP contribution in [0.4, 0.5) is 4.39 Å². The van der Waals surface area contributed by atoms with E-state index < -0.39 is 16.8 Å². The Morgan fingerprint density at radius 1 is 1.42 bits per heavy atom. The van der Waals surface area contributed by atoms with Gasteiger partial charge < -0.3 is 0 Å². The van der Waals surface area contributed by atoms with Gasteiger partial charge in [0.15, 0.2) is 0 Å². The Kier molecular flexibility index (Phi) is 5.96. The average molecular weight is 306 g/mol. The van der Waals surface area contributed by atoms with Gasteiger partial charge in [0.25, 0.3) is 0 Å². The zero-order valence-electron chi connectivity index (χ0n) is 11.8. The van der Waals surface area contributed by atoms with Gasteiger partial charge in [-0.2, -0.15) is 0 Å². The van der Waals surface area contributed by atoms with E-state index in [1.54, 1.807) is 12.1 Å². The van der Waals surface area contributed by atoms with Gasteiger partial charge in [-0.15, -0.1) is 0 Å². The predicted octanol–water partition coefficient (Wildman–Crippen LogP) is 4.37. The van der Waals surface area contributed by atoms with Crippen molar-refractivity contribution in [1.82, 2.24) is 4.72 Å². The molecule has 19 heavy (non-hydrogen) atoms. The molecule has 0 aromatic heterocycles. The van der Waals surface area contributed by atoms with Crippen molar-refractivity contribution in [1.29, 1.82) is 0 Å². The molecule has 0 aliphatic carbocycles. The fourth-order valence-electron chi connectivity index (χ4n) is 1.66. The molecular weight excluding hydrogens is 285 g/mol. The minimum absolute atomic E-state index is 0.0990. The Labute approximate surface area is 122 Å². The van der Waals surface area contributed by atoms with Gasteiger partial charge in [0.2, 0.25) is 0 Å². The largest absolute Gasteiger partial charge is 0.242 e.